The Morgan fingerprint density at radius 1 is 0.853 bits per heavy atom. The maximum atomic E-state index is 9.94. The average molecular weight is 449 g/mol. The van der Waals surface area contributed by atoms with Crippen molar-refractivity contribution >= 4 is 21.8 Å². The molecule has 6 nitrogen and oxygen atoms in total. The quantitative estimate of drug-likeness (QED) is 0.434. The van der Waals surface area contributed by atoms with Crippen molar-refractivity contribution in [2.75, 3.05) is 39.3 Å². The summed E-state index contributed by atoms with van der Waals surface area (Å²) in [5.74, 6) is 0. The highest BCUT2D eigenvalue weighted by molar-refractivity contribution is 5.96. The number of benzene rings is 2. The van der Waals surface area contributed by atoms with E-state index < -0.39 is 0 Å². The van der Waals surface area contributed by atoms with Crippen LogP contribution in [0, 0.1) is 22.7 Å². The highest BCUT2D eigenvalue weighted by atomic mass is 15.2. The molecule has 2 aliphatic heterocycles. The van der Waals surface area contributed by atoms with Crippen molar-refractivity contribution < 1.29 is 0 Å². The van der Waals surface area contributed by atoms with Gasteiger partial charge in [-0.05, 0) is 87.3 Å². The number of aromatic amines is 2. The van der Waals surface area contributed by atoms with Gasteiger partial charge in [0.25, 0.3) is 0 Å². The fraction of sp³-hybridized carbons (Fsp3) is 0.357. The molecule has 4 heterocycles. The lowest BCUT2D eigenvalue weighted by molar-refractivity contribution is 0.184. The molecular weight excluding hydrogens is 420 g/mol. The third-order valence-electron chi connectivity index (χ3n) is 7.59. The van der Waals surface area contributed by atoms with E-state index in [-0.39, 0.29) is 0 Å². The van der Waals surface area contributed by atoms with E-state index in [0.29, 0.717) is 11.1 Å². The van der Waals surface area contributed by atoms with Crippen molar-refractivity contribution in [1.29, 1.82) is 10.5 Å². The van der Waals surface area contributed by atoms with Crippen LogP contribution in [0.15, 0.2) is 36.5 Å². The van der Waals surface area contributed by atoms with Crippen molar-refractivity contribution in [1.82, 2.24) is 19.8 Å². The first-order valence-corrected chi connectivity index (χ1v) is 12.3. The van der Waals surface area contributed by atoms with Gasteiger partial charge in [-0.25, -0.2) is 0 Å². The molecule has 2 N–H and O–H groups in total. The summed E-state index contributed by atoms with van der Waals surface area (Å²) in [5, 5.41) is 21.6. The second kappa shape index (κ2) is 8.65. The van der Waals surface area contributed by atoms with Gasteiger partial charge in [0.15, 0.2) is 0 Å². The number of fused-ring (bicyclic) bond motifs is 2. The Balaban J connectivity index is 1.45. The molecule has 6 rings (SSSR count). The van der Waals surface area contributed by atoms with Crippen LogP contribution in [0.5, 0.6) is 0 Å². The Morgan fingerprint density at radius 3 is 2.29 bits per heavy atom. The average Bonchev–Trinajstić information content (AvgIpc) is 3.37. The fourth-order valence-corrected chi connectivity index (χ4v) is 5.32. The SMILES string of the molecule is N#Cc1ccc2c(CCN3CCC3)c(-c3cc(C#N)c4[nH]cc(CCN5CCC5)c4c3)[nH]c2c1. The molecule has 170 valence electrons. The van der Waals surface area contributed by atoms with E-state index in [2.05, 4.69) is 50.2 Å². The summed E-state index contributed by atoms with van der Waals surface area (Å²) >= 11 is 0. The Bertz CT molecular complexity index is 1450. The minimum atomic E-state index is 0.654. The molecule has 4 aromatic rings. The molecular formula is C28H28N6. The third-order valence-corrected chi connectivity index (χ3v) is 7.59. The van der Waals surface area contributed by atoms with E-state index in [1.807, 2.05) is 18.2 Å². The van der Waals surface area contributed by atoms with Gasteiger partial charge in [0, 0.05) is 46.8 Å². The van der Waals surface area contributed by atoms with E-state index >= 15 is 0 Å². The molecule has 2 saturated heterocycles. The molecule has 6 heteroatoms. The number of likely N-dealkylation sites (tertiary alicyclic amines) is 2. The number of aromatic nitrogens is 2. The van der Waals surface area contributed by atoms with Gasteiger partial charge in [-0.15, -0.1) is 0 Å². The van der Waals surface area contributed by atoms with Crippen LogP contribution in [0.25, 0.3) is 33.1 Å². The number of hydrogen-bond donors (Lipinski definition) is 2. The van der Waals surface area contributed by atoms with Gasteiger partial charge in [0.1, 0.15) is 6.07 Å². The maximum Gasteiger partial charge on any atom is 0.101 e. The first-order chi connectivity index (χ1) is 16.7. The van der Waals surface area contributed by atoms with Gasteiger partial charge in [-0.3, -0.25) is 0 Å². The van der Waals surface area contributed by atoms with E-state index in [1.165, 1.54) is 55.5 Å². The van der Waals surface area contributed by atoms with Crippen LogP contribution in [0.2, 0.25) is 0 Å². The number of nitrogens with one attached hydrogen (secondary N) is 2. The molecule has 0 spiro atoms. The molecule has 0 aliphatic carbocycles. The largest absolute Gasteiger partial charge is 0.360 e. The zero-order chi connectivity index (χ0) is 23.1. The van der Waals surface area contributed by atoms with E-state index in [9.17, 15) is 10.5 Å². The molecule has 2 aromatic heterocycles. The fourth-order valence-electron chi connectivity index (χ4n) is 5.32. The van der Waals surface area contributed by atoms with Crippen LogP contribution in [0.1, 0.15) is 35.1 Å². The molecule has 2 aliphatic rings. The molecule has 34 heavy (non-hydrogen) atoms. The summed E-state index contributed by atoms with van der Waals surface area (Å²) < 4.78 is 0. The van der Waals surface area contributed by atoms with Crippen LogP contribution in [0.3, 0.4) is 0 Å². The lowest BCUT2D eigenvalue weighted by Gasteiger charge is -2.30. The van der Waals surface area contributed by atoms with Crippen LogP contribution < -0.4 is 0 Å². The van der Waals surface area contributed by atoms with Gasteiger partial charge in [-0.1, -0.05) is 6.07 Å². The zero-order valence-corrected chi connectivity index (χ0v) is 19.3. The smallest absolute Gasteiger partial charge is 0.101 e. The molecule has 0 unspecified atom stereocenters. The molecule has 0 atom stereocenters. The Hall–Kier alpha value is -3.58. The number of rotatable bonds is 7. The lowest BCUT2D eigenvalue weighted by atomic mass is 9.97. The summed E-state index contributed by atoms with van der Waals surface area (Å²) in [6, 6.07) is 14.8. The summed E-state index contributed by atoms with van der Waals surface area (Å²) in [7, 11) is 0. The third kappa shape index (κ3) is 3.66. The Kier molecular flexibility index (Phi) is 5.34. The predicted octanol–water partition coefficient (Wildman–Crippen LogP) is 4.56. The molecule has 0 radical (unpaired) electrons. The number of hydrogen-bond acceptors (Lipinski definition) is 4. The molecule has 0 saturated carbocycles. The van der Waals surface area contributed by atoms with Gasteiger partial charge in [0.05, 0.1) is 22.7 Å². The van der Waals surface area contributed by atoms with Crippen LogP contribution in [-0.4, -0.2) is 59.0 Å². The summed E-state index contributed by atoms with van der Waals surface area (Å²) in [6.45, 7) is 6.81. The topological polar surface area (TPSA) is 85.6 Å². The zero-order valence-electron chi connectivity index (χ0n) is 19.3. The predicted molar refractivity (Wildman–Crippen MR) is 135 cm³/mol. The van der Waals surface area contributed by atoms with Crippen molar-refractivity contribution in [3.8, 4) is 23.4 Å². The summed E-state index contributed by atoms with van der Waals surface area (Å²) in [6.07, 6.45) is 6.57. The van der Waals surface area contributed by atoms with Crippen molar-refractivity contribution in [3.63, 3.8) is 0 Å². The first-order valence-electron chi connectivity index (χ1n) is 12.3. The Morgan fingerprint density at radius 2 is 1.62 bits per heavy atom. The molecule has 0 amide bonds. The summed E-state index contributed by atoms with van der Waals surface area (Å²) in [5.41, 5.74) is 7.89. The van der Waals surface area contributed by atoms with E-state index in [4.69, 9.17) is 0 Å². The van der Waals surface area contributed by atoms with Crippen LogP contribution >= 0.6 is 0 Å². The van der Waals surface area contributed by atoms with Gasteiger partial charge in [-0.2, -0.15) is 10.5 Å². The number of nitrogens with zero attached hydrogens (tertiary/aromatic N) is 4. The second-order valence-electron chi connectivity index (χ2n) is 9.61. The highest BCUT2D eigenvalue weighted by Gasteiger charge is 2.20. The van der Waals surface area contributed by atoms with Crippen molar-refractivity contribution in [3.05, 3.63) is 58.8 Å². The monoisotopic (exact) mass is 448 g/mol. The van der Waals surface area contributed by atoms with Gasteiger partial charge >= 0.3 is 0 Å². The second-order valence-corrected chi connectivity index (χ2v) is 9.61. The first kappa shape index (κ1) is 21.0. The standard InChI is InChI=1S/C28H28N6/c29-16-19-3-4-23-24(6-12-34-9-2-10-34)28(32-26(23)13-19)21-14-22(17-30)27-25(15-21)20(18-31-27)5-11-33-7-1-8-33/h3-4,13-15,18,31-32H,1-2,5-12H2. The van der Waals surface area contributed by atoms with E-state index in [1.54, 1.807) is 0 Å². The molecule has 0 bridgehead atoms. The molecule has 2 aromatic carbocycles. The minimum absolute atomic E-state index is 0.654. The normalized spacial score (nSPS) is 16.3. The van der Waals surface area contributed by atoms with Crippen LogP contribution in [-0.2, 0) is 12.8 Å². The minimum Gasteiger partial charge on any atom is -0.360 e. The maximum absolute atomic E-state index is 9.94. The van der Waals surface area contributed by atoms with Gasteiger partial charge in [0.2, 0.25) is 0 Å². The summed E-state index contributed by atoms with van der Waals surface area (Å²) in [4.78, 5) is 11.9. The molecule has 2 fully saturated rings. The van der Waals surface area contributed by atoms with Crippen molar-refractivity contribution in [2.45, 2.75) is 25.7 Å². The number of nitriles is 2. The van der Waals surface area contributed by atoms with Gasteiger partial charge < -0.3 is 19.8 Å². The lowest BCUT2D eigenvalue weighted by Crippen LogP contribution is -2.38. The van der Waals surface area contributed by atoms with Crippen LogP contribution in [0.4, 0.5) is 0 Å². The Labute approximate surface area is 199 Å². The van der Waals surface area contributed by atoms with Crippen molar-refractivity contribution in [2.24, 2.45) is 0 Å². The van der Waals surface area contributed by atoms with E-state index in [0.717, 1.165) is 53.6 Å². The highest BCUT2D eigenvalue weighted by Crippen LogP contribution is 2.35. The number of H-pyrrole nitrogens is 2.